The number of benzene rings is 2. The maximum Gasteiger partial charge on any atom is 0.282 e. The van der Waals surface area contributed by atoms with E-state index in [4.69, 9.17) is 0 Å². The predicted molar refractivity (Wildman–Crippen MR) is 97.2 cm³/mol. The summed E-state index contributed by atoms with van der Waals surface area (Å²) in [5.41, 5.74) is 0.426. The van der Waals surface area contributed by atoms with Crippen molar-refractivity contribution in [3.05, 3.63) is 69.8 Å². The van der Waals surface area contributed by atoms with E-state index in [1.54, 1.807) is 35.2 Å². The van der Waals surface area contributed by atoms with Crippen LogP contribution in [0.1, 0.15) is 40.0 Å². The Morgan fingerprint density at radius 1 is 0.923 bits per heavy atom. The average Bonchev–Trinajstić information content (AvgIpc) is 2.68. The molecule has 1 saturated heterocycles. The van der Waals surface area contributed by atoms with Gasteiger partial charge in [-0.05, 0) is 37.5 Å². The fourth-order valence-electron chi connectivity index (χ4n) is 3.06. The number of hydrogen-bond acceptors (Lipinski definition) is 4. The van der Waals surface area contributed by atoms with E-state index in [1.165, 1.54) is 18.2 Å². The fraction of sp³-hybridized carbons (Fsp3) is 0.263. The quantitative estimate of drug-likeness (QED) is 0.673. The van der Waals surface area contributed by atoms with Crippen LogP contribution in [0, 0.1) is 10.1 Å². The number of nitrogens with one attached hydrogen (secondary N) is 1. The van der Waals surface area contributed by atoms with Crippen molar-refractivity contribution in [3.8, 4) is 0 Å². The summed E-state index contributed by atoms with van der Waals surface area (Å²) in [4.78, 5) is 37.6. The molecule has 1 aliphatic heterocycles. The summed E-state index contributed by atoms with van der Waals surface area (Å²) in [5.74, 6) is -0.751. The number of nitro groups is 1. The molecule has 1 N–H and O–H groups in total. The summed E-state index contributed by atoms with van der Waals surface area (Å²) >= 11 is 0. The van der Waals surface area contributed by atoms with Gasteiger partial charge in [0.15, 0.2) is 0 Å². The van der Waals surface area contributed by atoms with Crippen molar-refractivity contribution in [1.82, 2.24) is 4.90 Å². The third-order valence-electron chi connectivity index (χ3n) is 4.39. The van der Waals surface area contributed by atoms with E-state index in [-0.39, 0.29) is 17.2 Å². The normalized spacial score (nSPS) is 13.9. The molecule has 2 aromatic carbocycles. The first kappa shape index (κ1) is 17.6. The number of para-hydroxylation sites is 2. The number of hydrogen-bond donors (Lipinski definition) is 1. The smallest absolute Gasteiger partial charge is 0.282 e. The van der Waals surface area contributed by atoms with Gasteiger partial charge in [-0.1, -0.05) is 24.3 Å². The van der Waals surface area contributed by atoms with Crippen molar-refractivity contribution < 1.29 is 14.5 Å². The summed E-state index contributed by atoms with van der Waals surface area (Å²) in [7, 11) is 0. The van der Waals surface area contributed by atoms with Crippen LogP contribution >= 0.6 is 0 Å². The lowest BCUT2D eigenvalue weighted by Crippen LogP contribution is -2.36. The number of amides is 2. The molecule has 1 fully saturated rings. The van der Waals surface area contributed by atoms with Crippen LogP contribution in [0.4, 0.5) is 11.4 Å². The van der Waals surface area contributed by atoms with Gasteiger partial charge in [0.05, 0.1) is 16.2 Å². The first-order valence-corrected chi connectivity index (χ1v) is 8.51. The number of anilines is 1. The third kappa shape index (κ3) is 3.72. The molecule has 0 bridgehead atoms. The van der Waals surface area contributed by atoms with Crippen LogP contribution in [0.3, 0.4) is 0 Å². The van der Waals surface area contributed by atoms with Crippen molar-refractivity contribution in [2.75, 3.05) is 18.4 Å². The number of likely N-dealkylation sites (tertiary alicyclic amines) is 1. The van der Waals surface area contributed by atoms with Crippen molar-refractivity contribution >= 4 is 23.2 Å². The topological polar surface area (TPSA) is 92.6 Å². The number of carbonyl (C=O) groups excluding carboxylic acids is 2. The van der Waals surface area contributed by atoms with Gasteiger partial charge in [-0.25, -0.2) is 0 Å². The summed E-state index contributed by atoms with van der Waals surface area (Å²) in [6.07, 6.45) is 3.05. The minimum absolute atomic E-state index is 0.0438. The van der Waals surface area contributed by atoms with Crippen LogP contribution in [0.2, 0.25) is 0 Å². The van der Waals surface area contributed by atoms with E-state index in [0.717, 1.165) is 19.3 Å². The molecular weight excluding hydrogens is 334 g/mol. The lowest BCUT2D eigenvalue weighted by atomic mass is 10.1. The van der Waals surface area contributed by atoms with Crippen molar-refractivity contribution in [2.45, 2.75) is 19.3 Å². The minimum Gasteiger partial charge on any atom is -0.339 e. The summed E-state index contributed by atoms with van der Waals surface area (Å²) in [6.45, 7) is 1.40. The fourth-order valence-corrected chi connectivity index (χ4v) is 3.06. The van der Waals surface area contributed by atoms with Gasteiger partial charge in [0.2, 0.25) is 0 Å². The maximum absolute atomic E-state index is 12.8. The molecule has 0 unspecified atom stereocenters. The van der Waals surface area contributed by atoms with Crippen molar-refractivity contribution in [3.63, 3.8) is 0 Å². The van der Waals surface area contributed by atoms with Gasteiger partial charge in [0.1, 0.15) is 5.56 Å². The van der Waals surface area contributed by atoms with Gasteiger partial charge < -0.3 is 10.2 Å². The molecule has 0 atom stereocenters. The molecule has 0 saturated carbocycles. The molecule has 2 aromatic rings. The molecule has 0 spiro atoms. The first-order valence-electron chi connectivity index (χ1n) is 8.51. The Morgan fingerprint density at radius 3 is 2.23 bits per heavy atom. The number of rotatable bonds is 4. The number of nitro benzene ring substituents is 1. The van der Waals surface area contributed by atoms with E-state index in [9.17, 15) is 19.7 Å². The summed E-state index contributed by atoms with van der Waals surface area (Å²) < 4.78 is 0. The molecule has 2 amide bonds. The number of carbonyl (C=O) groups is 2. The molecule has 7 heteroatoms. The Hall–Kier alpha value is -3.22. The average molecular weight is 353 g/mol. The van der Waals surface area contributed by atoms with Crippen LogP contribution < -0.4 is 5.32 Å². The molecule has 0 aliphatic carbocycles. The Kier molecular flexibility index (Phi) is 5.26. The molecule has 1 heterocycles. The van der Waals surface area contributed by atoms with Crippen LogP contribution in [0.5, 0.6) is 0 Å². The lowest BCUT2D eigenvalue weighted by Gasteiger charge is -2.27. The van der Waals surface area contributed by atoms with Gasteiger partial charge in [-0.15, -0.1) is 0 Å². The van der Waals surface area contributed by atoms with Gasteiger partial charge in [-0.2, -0.15) is 0 Å². The highest BCUT2D eigenvalue weighted by Gasteiger charge is 2.23. The SMILES string of the molecule is O=C(Nc1ccccc1C(=O)N1CCCCC1)c1ccccc1[N+](=O)[O-]. The van der Waals surface area contributed by atoms with E-state index in [2.05, 4.69) is 5.32 Å². The van der Waals surface area contributed by atoms with Crippen molar-refractivity contribution in [1.29, 1.82) is 0 Å². The van der Waals surface area contributed by atoms with Crippen LogP contribution in [0.15, 0.2) is 48.5 Å². The Bertz CT molecular complexity index is 844. The molecule has 0 radical (unpaired) electrons. The highest BCUT2D eigenvalue weighted by Crippen LogP contribution is 2.23. The largest absolute Gasteiger partial charge is 0.339 e. The highest BCUT2D eigenvalue weighted by atomic mass is 16.6. The second kappa shape index (κ2) is 7.77. The van der Waals surface area contributed by atoms with Gasteiger partial charge in [0.25, 0.3) is 17.5 Å². The molecule has 0 aromatic heterocycles. The van der Waals surface area contributed by atoms with Gasteiger partial charge in [-0.3, -0.25) is 19.7 Å². The standard InChI is InChI=1S/C19H19N3O4/c23-18(15-9-3-5-11-17(15)22(25)26)20-16-10-4-2-8-14(16)19(24)21-12-6-1-7-13-21/h2-5,8-11H,1,6-7,12-13H2,(H,20,23). The molecular formula is C19H19N3O4. The molecule has 1 aliphatic rings. The zero-order valence-electron chi connectivity index (χ0n) is 14.2. The summed E-state index contributed by atoms with van der Waals surface area (Å²) in [5, 5.41) is 13.8. The zero-order chi connectivity index (χ0) is 18.5. The minimum atomic E-state index is -0.615. The number of nitrogens with zero attached hydrogens (tertiary/aromatic N) is 2. The lowest BCUT2D eigenvalue weighted by molar-refractivity contribution is -0.385. The van der Waals surface area contributed by atoms with Crippen LogP contribution in [-0.2, 0) is 0 Å². The van der Waals surface area contributed by atoms with E-state index in [0.29, 0.717) is 24.3 Å². The predicted octanol–water partition coefficient (Wildman–Crippen LogP) is 3.47. The van der Waals surface area contributed by atoms with Crippen molar-refractivity contribution in [2.24, 2.45) is 0 Å². The van der Waals surface area contributed by atoms with Crippen LogP contribution in [-0.4, -0.2) is 34.7 Å². The van der Waals surface area contributed by atoms with Gasteiger partial charge in [0, 0.05) is 19.2 Å². The molecule has 134 valence electrons. The van der Waals surface area contributed by atoms with E-state index >= 15 is 0 Å². The number of piperidine rings is 1. The second-order valence-electron chi connectivity index (χ2n) is 6.13. The highest BCUT2D eigenvalue weighted by molar-refractivity contribution is 6.10. The summed E-state index contributed by atoms with van der Waals surface area (Å²) in [6, 6.07) is 12.5. The molecule has 7 nitrogen and oxygen atoms in total. The van der Waals surface area contributed by atoms with Gasteiger partial charge >= 0.3 is 0 Å². The Morgan fingerprint density at radius 2 is 1.54 bits per heavy atom. The van der Waals surface area contributed by atoms with Crippen LogP contribution in [0.25, 0.3) is 0 Å². The third-order valence-corrected chi connectivity index (χ3v) is 4.39. The monoisotopic (exact) mass is 353 g/mol. The second-order valence-corrected chi connectivity index (χ2v) is 6.13. The van der Waals surface area contributed by atoms with E-state index < -0.39 is 10.8 Å². The first-order chi connectivity index (χ1) is 12.6. The maximum atomic E-state index is 12.8. The molecule has 3 rings (SSSR count). The Balaban J connectivity index is 1.86. The zero-order valence-corrected chi connectivity index (χ0v) is 14.2. The van der Waals surface area contributed by atoms with E-state index in [1.807, 2.05) is 0 Å². The Labute approximate surface area is 150 Å². The molecule has 26 heavy (non-hydrogen) atoms.